The van der Waals surface area contributed by atoms with Gasteiger partial charge in [0.15, 0.2) is 12.4 Å². The van der Waals surface area contributed by atoms with Gasteiger partial charge in [-0.25, -0.2) is 9.78 Å². The molecule has 4 rings (SSSR count). The number of hydrogen-bond donors (Lipinski definition) is 2. The summed E-state index contributed by atoms with van der Waals surface area (Å²) in [6, 6.07) is 14.9. The maximum Gasteiger partial charge on any atom is 0.319 e. The van der Waals surface area contributed by atoms with Gasteiger partial charge in [0.2, 0.25) is 0 Å². The lowest BCUT2D eigenvalue weighted by Crippen LogP contribution is -2.28. The Morgan fingerprint density at radius 2 is 2.00 bits per heavy atom. The van der Waals surface area contributed by atoms with E-state index >= 15 is 0 Å². The van der Waals surface area contributed by atoms with Gasteiger partial charge >= 0.3 is 6.03 Å². The highest BCUT2D eigenvalue weighted by Crippen LogP contribution is 2.26. The monoisotopic (exact) mass is 373 g/mol. The first-order valence-corrected chi connectivity index (χ1v) is 8.95. The van der Waals surface area contributed by atoms with Crippen LogP contribution in [0, 0.1) is 5.21 Å². The zero-order chi connectivity index (χ0) is 19.5. The molecule has 0 saturated carbocycles. The number of benzene rings is 1. The maximum atomic E-state index is 11.8. The summed E-state index contributed by atoms with van der Waals surface area (Å²) in [6.07, 6.45) is 6.71. The Morgan fingerprint density at radius 1 is 1.14 bits per heavy atom. The lowest BCUT2D eigenvalue weighted by molar-refractivity contribution is -0.604. The fourth-order valence-corrected chi connectivity index (χ4v) is 3.09. The molecule has 0 aliphatic carbocycles. The summed E-state index contributed by atoms with van der Waals surface area (Å²) in [7, 11) is 0. The number of pyridine rings is 2. The predicted octanol–water partition coefficient (Wildman–Crippen LogP) is 3.44. The number of carbonyl (C=O) groups is 1. The number of urea groups is 1. The van der Waals surface area contributed by atoms with Crippen LogP contribution < -0.4 is 15.4 Å². The number of amides is 2. The van der Waals surface area contributed by atoms with E-state index in [1.807, 2.05) is 60.0 Å². The van der Waals surface area contributed by atoms with Crippen molar-refractivity contribution in [2.45, 2.75) is 6.92 Å². The van der Waals surface area contributed by atoms with Crippen LogP contribution in [-0.2, 0) is 0 Å². The van der Waals surface area contributed by atoms with Crippen LogP contribution in [0.2, 0.25) is 0 Å². The van der Waals surface area contributed by atoms with E-state index in [2.05, 4.69) is 15.6 Å². The quantitative estimate of drug-likeness (QED) is 0.424. The summed E-state index contributed by atoms with van der Waals surface area (Å²) in [5, 5.41) is 17.1. The van der Waals surface area contributed by atoms with Crippen LogP contribution in [0.4, 0.5) is 10.5 Å². The van der Waals surface area contributed by atoms with Crippen LogP contribution in [0.5, 0.6) is 0 Å². The summed E-state index contributed by atoms with van der Waals surface area (Å²) in [5.74, 6) is 0. The topological polar surface area (TPSA) is 85.4 Å². The molecule has 0 spiro atoms. The molecule has 0 atom stereocenters. The summed E-state index contributed by atoms with van der Waals surface area (Å²) in [5.41, 5.74) is 5.08. The molecule has 0 aliphatic heterocycles. The molecule has 28 heavy (non-hydrogen) atoms. The minimum Gasteiger partial charge on any atom is -0.619 e. The lowest BCUT2D eigenvalue weighted by Gasteiger charge is -2.08. The van der Waals surface area contributed by atoms with Crippen molar-refractivity contribution in [1.82, 2.24) is 14.7 Å². The number of carbonyl (C=O) groups excluding carboxylic acids is 1. The van der Waals surface area contributed by atoms with E-state index < -0.39 is 0 Å². The minimum absolute atomic E-state index is 0.235. The summed E-state index contributed by atoms with van der Waals surface area (Å²) >= 11 is 0. The van der Waals surface area contributed by atoms with Crippen molar-refractivity contribution in [2.75, 3.05) is 11.9 Å². The van der Waals surface area contributed by atoms with Crippen molar-refractivity contribution in [3.63, 3.8) is 0 Å². The predicted molar refractivity (Wildman–Crippen MR) is 108 cm³/mol. The van der Waals surface area contributed by atoms with Crippen molar-refractivity contribution in [2.24, 2.45) is 0 Å². The van der Waals surface area contributed by atoms with Crippen molar-refractivity contribution in [3.8, 4) is 22.4 Å². The molecule has 1 aromatic carbocycles. The van der Waals surface area contributed by atoms with E-state index in [4.69, 9.17) is 0 Å². The van der Waals surface area contributed by atoms with Crippen LogP contribution in [-0.4, -0.2) is 22.0 Å². The first kappa shape index (κ1) is 17.5. The number of nitrogens with one attached hydrogen (secondary N) is 2. The molecule has 0 unspecified atom stereocenters. The third kappa shape index (κ3) is 3.50. The SMILES string of the molecule is CCNC(=O)Nc1cccc(-c2cnc3cc(-c4ccc[n+]([O-])c4)ccn23)c1. The Labute approximate surface area is 161 Å². The third-order valence-corrected chi connectivity index (χ3v) is 4.38. The van der Waals surface area contributed by atoms with Crippen LogP contribution in [0.25, 0.3) is 28.0 Å². The summed E-state index contributed by atoms with van der Waals surface area (Å²) < 4.78 is 2.76. The van der Waals surface area contributed by atoms with Gasteiger partial charge in [-0.2, -0.15) is 4.73 Å². The molecule has 0 aliphatic rings. The molecule has 7 heteroatoms. The van der Waals surface area contributed by atoms with Gasteiger partial charge in [-0.05, 0) is 42.8 Å². The molecular weight excluding hydrogens is 354 g/mol. The van der Waals surface area contributed by atoms with Crippen LogP contribution in [0.15, 0.2) is 73.3 Å². The summed E-state index contributed by atoms with van der Waals surface area (Å²) in [6.45, 7) is 2.43. The van der Waals surface area contributed by atoms with Crippen molar-refractivity contribution >= 4 is 17.4 Å². The molecule has 7 nitrogen and oxygen atoms in total. The average Bonchev–Trinajstić information content (AvgIpc) is 3.11. The van der Waals surface area contributed by atoms with Gasteiger partial charge in [-0.1, -0.05) is 12.1 Å². The van der Waals surface area contributed by atoms with Crippen molar-refractivity contribution < 1.29 is 9.52 Å². The zero-order valence-electron chi connectivity index (χ0n) is 15.3. The second-order valence-corrected chi connectivity index (χ2v) is 6.30. The van der Waals surface area contributed by atoms with E-state index in [9.17, 15) is 10.0 Å². The second-order valence-electron chi connectivity index (χ2n) is 6.30. The van der Waals surface area contributed by atoms with E-state index in [0.717, 1.165) is 32.8 Å². The molecule has 0 bridgehead atoms. The van der Waals surface area contributed by atoms with Gasteiger partial charge in [0.05, 0.1) is 11.9 Å². The van der Waals surface area contributed by atoms with Gasteiger partial charge < -0.3 is 15.8 Å². The molecule has 3 aromatic heterocycles. The van der Waals surface area contributed by atoms with Gasteiger partial charge in [0, 0.05) is 35.6 Å². The van der Waals surface area contributed by atoms with E-state index in [1.165, 1.54) is 12.4 Å². The Bertz CT molecular complexity index is 1150. The third-order valence-electron chi connectivity index (χ3n) is 4.38. The number of imidazole rings is 1. The molecule has 2 N–H and O–H groups in total. The van der Waals surface area contributed by atoms with E-state index in [1.54, 1.807) is 12.3 Å². The fourth-order valence-electron chi connectivity index (χ4n) is 3.09. The zero-order valence-corrected chi connectivity index (χ0v) is 15.3. The Kier molecular flexibility index (Phi) is 4.63. The average molecular weight is 373 g/mol. The molecule has 2 amide bonds. The standard InChI is InChI=1S/C21H19N5O2/c1-2-22-21(27)24-18-7-3-5-16(11-18)19-13-23-20-12-15(8-10-26(19)20)17-6-4-9-25(28)14-17/h3-14H,2H2,1H3,(H2,22,24,27). The number of aromatic nitrogens is 3. The highest BCUT2D eigenvalue weighted by molar-refractivity contribution is 5.90. The van der Waals surface area contributed by atoms with Crippen LogP contribution >= 0.6 is 0 Å². The van der Waals surface area contributed by atoms with Crippen molar-refractivity contribution in [3.05, 3.63) is 78.5 Å². The highest BCUT2D eigenvalue weighted by Gasteiger charge is 2.10. The molecule has 0 saturated heterocycles. The first-order chi connectivity index (χ1) is 13.6. The van der Waals surface area contributed by atoms with Gasteiger partial charge in [-0.15, -0.1) is 0 Å². The summed E-state index contributed by atoms with van der Waals surface area (Å²) in [4.78, 5) is 16.3. The second kappa shape index (κ2) is 7.40. The number of anilines is 1. The van der Waals surface area contributed by atoms with Gasteiger partial charge in [0.25, 0.3) is 0 Å². The van der Waals surface area contributed by atoms with Gasteiger partial charge in [0.1, 0.15) is 5.65 Å². The number of hydrogen-bond acceptors (Lipinski definition) is 3. The Balaban J connectivity index is 1.68. The Hall–Kier alpha value is -3.87. The Morgan fingerprint density at radius 3 is 2.82 bits per heavy atom. The highest BCUT2D eigenvalue weighted by atomic mass is 16.5. The largest absolute Gasteiger partial charge is 0.619 e. The minimum atomic E-state index is -0.235. The van der Waals surface area contributed by atoms with E-state index in [0.29, 0.717) is 12.2 Å². The fraction of sp³-hybridized carbons (Fsp3) is 0.0952. The number of fused-ring (bicyclic) bond motifs is 1. The number of nitrogens with zero attached hydrogens (tertiary/aromatic N) is 3. The molecule has 0 fully saturated rings. The van der Waals surface area contributed by atoms with Crippen LogP contribution in [0.1, 0.15) is 6.92 Å². The molecule has 0 radical (unpaired) electrons. The molecule has 140 valence electrons. The van der Waals surface area contributed by atoms with Crippen molar-refractivity contribution in [1.29, 1.82) is 0 Å². The normalized spacial score (nSPS) is 10.8. The van der Waals surface area contributed by atoms with E-state index in [-0.39, 0.29) is 6.03 Å². The van der Waals surface area contributed by atoms with Crippen LogP contribution in [0.3, 0.4) is 0 Å². The first-order valence-electron chi connectivity index (χ1n) is 8.95. The maximum absolute atomic E-state index is 11.8. The molecule has 3 heterocycles. The lowest BCUT2D eigenvalue weighted by atomic mass is 10.1. The number of rotatable bonds is 4. The molecular formula is C21H19N5O2. The molecule has 4 aromatic rings. The smallest absolute Gasteiger partial charge is 0.319 e. The van der Waals surface area contributed by atoms with Gasteiger partial charge in [-0.3, -0.25) is 4.40 Å².